The molecule has 4 bridgehead atoms. The van der Waals surface area contributed by atoms with Crippen molar-refractivity contribution in [2.75, 3.05) is 5.75 Å². The normalized spacial score (nSPS) is 20.8. The molecule has 146 valence electrons. The zero-order chi connectivity index (χ0) is 19.6. The van der Waals surface area contributed by atoms with Crippen LogP contribution in [0.15, 0.2) is 66.2 Å². The van der Waals surface area contributed by atoms with Crippen LogP contribution in [0.5, 0.6) is 5.75 Å². The summed E-state index contributed by atoms with van der Waals surface area (Å²) in [5.74, 6) is 1.37. The second-order valence-corrected chi connectivity index (χ2v) is 8.82. The summed E-state index contributed by atoms with van der Waals surface area (Å²) in [7, 11) is -3.32. The highest BCUT2D eigenvalue weighted by Gasteiger charge is 2.21. The van der Waals surface area contributed by atoms with Crippen LogP contribution in [0.25, 0.3) is 5.57 Å². The number of aryl methyl sites for hydroxylation is 1. The lowest BCUT2D eigenvalue weighted by molar-refractivity contribution is 0.157. The van der Waals surface area contributed by atoms with Crippen molar-refractivity contribution in [3.8, 4) is 5.75 Å². The molecule has 5 rings (SSSR count). The van der Waals surface area contributed by atoms with Crippen LogP contribution in [-0.4, -0.2) is 14.2 Å². The van der Waals surface area contributed by atoms with E-state index < -0.39 is 10.0 Å². The van der Waals surface area contributed by atoms with Crippen molar-refractivity contribution >= 4 is 15.6 Å². The van der Waals surface area contributed by atoms with Crippen LogP contribution >= 0.6 is 0 Å². The smallest absolute Gasteiger partial charge is 0.211 e. The number of allylic oxidation sites excluding steroid dienone is 2. The SMILES string of the molecule is CC1=C2/C(=C\Oc3cccc(c3)CCCS(=O)(=O)NCc3ccc2cc3)ON1. The van der Waals surface area contributed by atoms with Gasteiger partial charge in [-0.2, -0.15) is 0 Å². The van der Waals surface area contributed by atoms with E-state index in [0.717, 1.165) is 28.0 Å². The van der Waals surface area contributed by atoms with Crippen molar-refractivity contribution in [3.63, 3.8) is 0 Å². The second-order valence-electron chi connectivity index (χ2n) is 6.89. The average molecular weight is 398 g/mol. The molecule has 2 aromatic rings. The van der Waals surface area contributed by atoms with Crippen LogP contribution in [0.3, 0.4) is 0 Å². The molecule has 0 atom stereocenters. The number of rotatable bonds is 0. The van der Waals surface area contributed by atoms with E-state index in [9.17, 15) is 8.42 Å². The minimum absolute atomic E-state index is 0.0891. The molecule has 0 aromatic heterocycles. The van der Waals surface area contributed by atoms with E-state index in [2.05, 4.69) is 10.2 Å². The van der Waals surface area contributed by atoms with Crippen molar-refractivity contribution in [1.82, 2.24) is 10.2 Å². The van der Waals surface area contributed by atoms with E-state index in [1.54, 1.807) is 6.26 Å². The largest absolute Gasteiger partial charge is 0.461 e. The summed E-state index contributed by atoms with van der Waals surface area (Å²) in [4.78, 5) is 5.57. The minimum Gasteiger partial charge on any atom is -0.461 e. The van der Waals surface area contributed by atoms with Crippen molar-refractivity contribution < 1.29 is 18.0 Å². The Balaban J connectivity index is 1.71. The van der Waals surface area contributed by atoms with Gasteiger partial charge in [-0.25, -0.2) is 18.6 Å². The highest BCUT2D eigenvalue weighted by molar-refractivity contribution is 7.89. The standard InChI is InChI=1S/C21H22N2O4S/c1-15-21-18-9-7-17(8-10-18)13-22-28(24,25)11-3-5-16-4-2-6-19(12-16)26-14-20(21)27-23-15/h2,4,6-10,12,14,22-23H,3,5,11,13H2,1H3/b20-14+. The quantitative estimate of drug-likeness (QED) is 0.713. The number of fused-ring (bicyclic) bond motifs is 8. The van der Waals surface area contributed by atoms with E-state index in [4.69, 9.17) is 9.57 Å². The van der Waals surface area contributed by atoms with Crippen LogP contribution in [0.2, 0.25) is 0 Å². The lowest BCUT2D eigenvalue weighted by Crippen LogP contribution is -2.26. The second kappa shape index (κ2) is 7.69. The Morgan fingerprint density at radius 1 is 1.04 bits per heavy atom. The number of benzene rings is 2. The minimum atomic E-state index is -3.32. The Labute approximate surface area is 164 Å². The van der Waals surface area contributed by atoms with Gasteiger partial charge in [-0.05, 0) is 48.6 Å². The maximum absolute atomic E-state index is 12.3. The topological polar surface area (TPSA) is 76.7 Å². The fourth-order valence-corrected chi connectivity index (χ4v) is 4.33. The molecular formula is C21H22N2O4S. The summed E-state index contributed by atoms with van der Waals surface area (Å²) in [5, 5.41) is 0. The van der Waals surface area contributed by atoms with E-state index >= 15 is 0 Å². The Bertz CT molecular complexity index is 1040. The molecule has 0 fully saturated rings. The van der Waals surface area contributed by atoms with Gasteiger partial charge in [0.15, 0.2) is 5.76 Å². The molecule has 3 heterocycles. The number of hydrogen-bond donors (Lipinski definition) is 2. The highest BCUT2D eigenvalue weighted by atomic mass is 32.2. The maximum Gasteiger partial charge on any atom is 0.211 e. The van der Waals surface area contributed by atoms with Crippen LogP contribution in [-0.2, 0) is 27.8 Å². The van der Waals surface area contributed by atoms with E-state index in [-0.39, 0.29) is 12.3 Å². The predicted octanol–water partition coefficient (Wildman–Crippen LogP) is 3.24. The summed E-state index contributed by atoms with van der Waals surface area (Å²) in [6, 6.07) is 15.4. The first kappa shape index (κ1) is 18.6. The molecule has 28 heavy (non-hydrogen) atoms. The summed E-state index contributed by atoms with van der Waals surface area (Å²) in [6.07, 6.45) is 2.79. The van der Waals surface area contributed by atoms with Crippen LogP contribution in [0.4, 0.5) is 0 Å². The molecule has 0 radical (unpaired) electrons. The van der Waals surface area contributed by atoms with Gasteiger partial charge >= 0.3 is 0 Å². The molecular weight excluding hydrogens is 376 g/mol. The third-order valence-electron chi connectivity index (χ3n) is 4.75. The summed E-state index contributed by atoms with van der Waals surface area (Å²) in [6.45, 7) is 2.21. The zero-order valence-electron chi connectivity index (χ0n) is 15.6. The first-order valence-corrected chi connectivity index (χ1v) is 10.8. The van der Waals surface area contributed by atoms with Crippen molar-refractivity contribution in [1.29, 1.82) is 0 Å². The molecule has 3 aliphatic heterocycles. The summed E-state index contributed by atoms with van der Waals surface area (Å²) < 4.78 is 33.0. The van der Waals surface area contributed by atoms with E-state index in [0.29, 0.717) is 24.4 Å². The summed E-state index contributed by atoms with van der Waals surface area (Å²) in [5.41, 5.74) is 7.57. The van der Waals surface area contributed by atoms with Gasteiger partial charge in [-0.3, -0.25) is 0 Å². The molecule has 2 aromatic carbocycles. The lowest BCUT2D eigenvalue weighted by Gasteiger charge is -2.08. The molecule has 0 aliphatic carbocycles. The fourth-order valence-electron chi connectivity index (χ4n) is 3.28. The van der Waals surface area contributed by atoms with Crippen molar-refractivity contribution in [2.45, 2.75) is 26.3 Å². The Hall–Kier alpha value is -2.77. The van der Waals surface area contributed by atoms with Crippen LogP contribution < -0.4 is 14.9 Å². The molecule has 6 nitrogen and oxygen atoms in total. The van der Waals surface area contributed by atoms with E-state index in [1.807, 2.05) is 55.5 Å². The number of hydroxylamine groups is 1. The fraction of sp³-hybridized carbons (Fsp3) is 0.238. The first-order chi connectivity index (χ1) is 13.5. The molecule has 0 unspecified atom stereocenters. The Kier molecular flexibility index (Phi) is 5.11. The van der Waals surface area contributed by atoms with Crippen LogP contribution in [0, 0.1) is 0 Å². The number of ether oxygens (including phenoxy) is 1. The first-order valence-electron chi connectivity index (χ1n) is 9.17. The van der Waals surface area contributed by atoms with Crippen LogP contribution in [0.1, 0.15) is 30.0 Å². The Morgan fingerprint density at radius 3 is 2.68 bits per heavy atom. The van der Waals surface area contributed by atoms with Gasteiger partial charge in [0, 0.05) is 6.54 Å². The van der Waals surface area contributed by atoms with Gasteiger partial charge in [-0.15, -0.1) is 0 Å². The average Bonchev–Trinajstić information content (AvgIpc) is 3.05. The molecule has 0 saturated carbocycles. The molecule has 7 heteroatoms. The van der Waals surface area contributed by atoms with Crippen molar-refractivity contribution in [3.05, 3.63) is 82.9 Å². The molecule has 0 saturated heterocycles. The number of hydrogen-bond acceptors (Lipinski definition) is 5. The third-order valence-corrected chi connectivity index (χ3v) is 6.16. The van der Waals surface area contributed by atoms with Gasteiger partial charge in [0.2, 0.25) is 10.0 Å². The molecule has 3 aliphatic rings. The third kappa shape index (κ3) is 4.21. The van der Waals surface area contributed by atoms with Gasteiger partial charge in [0.05, 0.1) is 17.0 Å². The van der Waals surface area contributed by atoms with Crippen molar-refractivity contribution in [2.24, 2.45) is 0 Å². The van der Waals surface area contributed by atoms with Gasteiger partial charge in [-0.1, -0.05) is 36.4 Å². The van der Waals surface area contributed by atoms with Gasteiger partial charge < -0.3 is 9.57 Å². The predicted molar refractivity (Wildman–Crippen MR) is 107 cm³/mol. The van der Waals surface area contributed by atoms with Gasteiger partial charge in [0.1, 0.15) is 12.0 Å². The summed E-state index contributed by atoms with van der Waals surface area (Å²) >= 11 is 0. The zero-order valence-corrected chi connectivity index (χ0v) is 16.4. The Morgan fingerprint density at radius 2 is 1.86 bits per heavy atom. The molecule has 0 spiro atoms. The maximum atomic E-state index is 12.3. The number of nitrogens with one attached hydrogen (secondary N) is 2. The number of sulfonamides is 1. The van der Waals surface area contributed by atoms with E-state index in [1.165, 1.54) is 0 Å². The monoisotopic (exact) mass is 398 g/mol. The molecule has 0 amide bonds. The van der Waals surface area contributed by atoms with Gasteiger partial charge in [0.25, 0.3) is 0 Å². The molecule has 2 N–H and O–H groups in total. The highest BCUT2D eigenvalue weighted by Crippen LogP contribution is 2.31. The lowest BCUT2D eigenvalue weighted by atomic mass is 10.0.